The predicted octanol–water partition coefficient (Wildman–Crippen LogP) is 4.66. The fraction of sp³-hybridized carbons (Fsp3) is 0.100. The van der Waals surface area contributed by atoms with Gasteiger partial charge < -0.3 is 4.57 Å². The fourth-order valence-electron chi connectivity index (χ4n) is 2.79. The van der Waals surface area contributed by atoms with Crippen molar-refractivity contribution in [3.05, 3.63) is 84.7 Å². The standard InChI is InChI=1S/C20H17N3/c1-15(16-8-4-2-5-9-16)23-13-12-18-19(14-23)22-20(21-18)17-10-6-3-7-11-17/h2-15H,1H3/t15-/m1/s1. The quantitative estimate of drug-likeness (QED) is 0.551. The number of nitrogens with zero attached hydrogens (tertiary/aromatic N) is 3. The molecule has 0 unspecified atom stereocenters. The van der Waals surface area contributed by atoms with Gasteiger partial charge in [-0.05, 0) is 18.6 Å². The summed E-state index contributed by atoms with van der Waals surface area (Å²) in [5.74, 6) is 0.783. The number of hydrogen-bond acceptors (Lipinski definition) is 2. The Balaban J connectivity index is 1.73. The average molecular weight is 299 g/mol. The van der Waals surface area contributed by atoms with E-state index in [0.29, 0.717) is 0 Å². The Morgan fingerprint density at radius 3 is 2.17 bits per heavy atom. The molecule has 0 fully saturated rings. The molecule has 3 nitrogen and oxygen atoms in total. The van der Waals surface area contributed by atoms with Gasteiger partial charge in [0.2, 0.25) is 0 Å². The molecular formula is C20H17N3. The molecule has 0 radical (unpaired) electrons. The summed E-state index contributed by atoms with van der Waals surface area (Å²) in [6.07, 6.45) is 4.15. The molecule has 2 aliphatic rings. The van der Waals surface area contributed by atoms with Crippen LogP contribution in [0.1, 0.15) is 18.5 Å². The van der Waals surface area contributed by atoms with Crippen molar-refractivity contribution in [2.75, 3.05) is 0 Å². The monoisotopic (exact) mass is 299 g/mol. The van der Waals surface area contributed by atoms with Gasteiger partial charge in [0.05, 0.1) is 11.7 Å². The molecule has 0 amide bonds. The van der Waals surface area contributed by atoms with Crippen LogP contribution in [0.3, 0.4) is 0 Å². The lowest BCUT2D eigenvalue weighted by Crippen LogP contribution is -2.07. The van der Waals surface area contributed by atoms with Crippen LogP contribution in [0.25, 0.3) is 22.8 Å². The zero-order valence-electron chi connectivity index (χ0n) is 12.9. The molecule has 0 aromatic heterocycles. The van der Waals surface area contributed by atoms with Crippen LogP contribution >= 0.6 is 0 Å². The molecule has 2 heterocycles. The number of fused-ring (bicyclic) bond motifs is 1. The van der Waals surface area contributed by atoms with Gasteiger partial charge in [0, 0.05) is 18.0 Å². The number of rotatable bonds is 3. The maximum Gasteiger partial charge on any atom is 0.160 e. The molecule has 1 atom stereocenters. The minimum Gasteiger partial charge on any atom is -0.345 e. The van der Waals surface area contributed by atoms with Crippen LogP contribution in [0.2, 0.25) is 0 Å². The van der Waals surface area contributed by atoms with Gasteiger partial charge in [0.25, 0.3) is 0 Å². The molecule has 0 saturated carbocycles. The van der Waals surface area contributed by atoms with Gasteiger partial charge in [0.15, 0.2) is 5.82 Å². The summed E-state index contributed by atoms with van der Waals surface area (Å²) in [6.45, 7) is 2.19. The highest BCUT2D eigenvalue weighted by atomic mass is 15.0. The maximum absolute atomic E-state index is 4.69. The third-order valence-electron chi connectivity index (χ3n) is 4.15. The van der Waals surface area contributed by atoms with E-state index in [1.165, 1.54) is 5.56 Å². The van der Waals surface area contributed by atoms with E-state index >= 15 is 0 Å². The summed E-state index contributed by atoms with van der Waals surface area (Å²) in [6, 6.07) is 22.9. The fourth-order valence-corrected chi connectivity index (χ4v) is 2.79. The Morgan fingerprint density at radius 1 is 0.783 bits per heavy atom. The van der Waals surface area contributed by atoms with Gasteiger partial charge in [-0.25, -0.2) is 9.97 Å². The number of imidazole rings is 1. The van der Waals surface area contributed by atoms with Crippen molar-refractivity contribution in [2.45, 2.75) is 13.0 Å². The topological polar surface area (TPSA) is 30.7 Å². The van der Waals surface area contributed by atoms with Crippen LogP contribution in [-0.2, 0) is 0 Å². The smallest absolute Gasteiger partial charge is 0.160 e. The normalized spacial score (nSPS) is 12.4. The highest BCUT2D eigenvalue weighted by Gasteiger charge is 2.14. The first kappa shape index (κ1) is 13.7. The maximum atomic E-state index is 4.69. The predicted molar refractivity (Wildman–Crippen MR) is 92.3 cm³/mol. The van der Waals surface area contributed by atoms with Crippen molar-refractivity contribution in [1.82, 2.24) is 14.5 Å². The Bertz CT molecular complexity index is 881. The minimum absolute atomic E-state index is 0.262. The summed E-state index contributed by atoms with van der Waals surface area (Å²) in [4.78, 5) is 9.32. The van der Waals surface area contributed by atoms with Crippen molar-refractivity contribution >= 4 is 0 Å². The van der Waals surface area contributed by atoms with E-state index in [1.54, 1.807) is 0 Å². The second kappa shape index (κ2) is 5.69. The van der Waals surface area contributed by atoms with E-state index in [0.717, 1.165) is 22.8 Å². The van der Waals surface area contributed by atoms with Crippen LogP contribution in [0, 0.1) is 0 Å². The van der Waals surface area contributed by atoms with Crippen LogP contribution in [0.15, 0.2) is 79.1 Å². The van der Waals surface area contributed by atoms with Gasteiger partial charge in [0.1, 0.15) is 5.69 Å². The van der Waals surface area contributed by atoms with Crippen molar-refractivity contribution in [2.24, 2.45) is 0 Å². The molecule has 0 saturated heterocycles. The molecule has 0 bridgehead atoms. The van der Waals surface area contributed by atoms with E-state index < -0.39 is 0 Å². The number of hydrogen-bond donors (Lipinski definition) is 0. The Morgan fingerprint density at radius 2 is 1.43 bits per heavy atom. The Labute approximate surface area is 135 Å². The van der Waals surface area contributed by atoms with Crippen molar-refractivity contribution in [1.29, 1.82) is 0 Å². The summed E-state index contributed by atoms with van der Waals surface area (Å²) in [5.41, 5.74) is 4.18. The number of benzene rings is 2. The van der Waals surface area contributed by atoms with Crippen molar-refractivity contribution < 1.29 is 0 Å². The van der Waals surface area contributed by atoms with Gasteiger partial charge >= 0.3 is 0 Å². The largest absolute Gasteiger partial charge is 0.345 e. The summed E-state index contributed by atoms with van der Waals surface area (Å²) in [5, 5.41) is 0. The van der Waals surface area contributed by atoms with Crippen LogP contribution in [-0.4, -0.2) is 14.5 Å². The Kier molecular flexibility index (Phi) is 3.39. The minimum atomic E-state index is 0.262. The second-order valence-corrected chi connectivity index (χ2v) is 5.66. The van der Waals surface area contributed by atoms with E-state index in [4.69, 9.17) is 0 Å². The first-order valence-corrected chi connectivity index (χ1v) is 7.77. The summed E-state index contributed by atoms with van der Waals surface area (Å²) >= 11 is 0. The van der Waals surface area contributed by atoms with Crippen LogP contribution < -0.4 is 0 Å². The molecule has 0 aliphatic carbocycles. The number of pyridine rings is 1. The van der Waals surface area contributed by atoms with Crippen LogP contribution in [0.4, 0.5) is 0 Å². The SMILES string of the molecule is C[C@H](c1ccccc1)n1ccc2nc(-c3ccccc3)nc-2c1. The molecular weight excluding hydrogens is 282 g/mol. The van der Waals surface area contributed by atoms with Crippen LogP contribution in [0.5, 0.6) is 0 Å². The van der Waals surface area contributed by atoms with Crippen molar-refractivity contribution in [3.63, 3.8) is 0 Å². The average Bonchev–Trinajstić information content (AvgIpc) is 3.06. The number of aromatic nitrogens is 3. The molecule has 23 heavy (non-hydrogen) atoms. The third-order valence-corrected chi connectivity index (χ3v) is 4.15. The summed E-state index contributed by atoms with van der Waals surface area (Å²) in [7, 11) is 0. The molecule has 2 aromatic rings. The molecule has 0 spiro atoms. The van der Waals surface area contributed by atoms with Gasteiger partial charge in [-0.15, -0.1) is 0 Å². The molecule has 2 aliphatic heterocycles. The first-order chi connectivity index (χ1) is 11.3. The second-order valence-electron chi connectivity index (χ2n) is 5.66. The van der Waals surface area contributed by atoms with E-state index in [2.05, 4.69) is 58.1 Å². The Hall–Kier alpha value is -2.94. The van der Waals surface area contributed by atoms with Crippen molar-refractivity contribution in [3.8, 4) is 22.8 Å². The van der Waals surface area contributed by atoms with E-state index in [9.17, 15) is 0 Å². The third kappa shape index (κ3) is 2.61. The van der Waals surface area contributed by atoms with Gasteiger partial charge in [-0.2, -0.15) is 0 Å². The molecule has 112 valence electrons. The molecule has 4 rings (SSSR count). The van der Waals surface area contributed by atoms with E-state index in [1.807, 2.05) is 42.5 Å². The van der Waals surface area contributed by atoms with Gasteiger partial charge in [-0.1, -0.05) is 60.7 Å². The zero-order valence-corrected chi connectivity index (χ0v) is 12.9. The summed E-state index contributed by atoms with van der Waals surface area (Å²) < 4.78 is 2.18. The van der Waals surface area contributed by atoms with Gasteiger partial charge in [-0.3, -0.25) is 0 Å². The lowest BCUT2D eigenvalue weighted by Gasteiger charge is -2.17. The molecule has 2 aromatic carbocycles. The molecule has 3 heteroatoms. The molecule has 0 N–H and O–H groups in total. The highest BCUT2D eigenvalue weighted by Crippen LogP contribution is 2.26. The lowest BCUT2D eigenvalue weighted by atomic mass is 10.1. The first-order valence-electron chi connectivity index (χ1n) is 7.77. The highest BCUT2D eigenvalue weighted by molar-refractivity contribution is 5.65. The van der Waals surface area contributed by atoms with E-state index in [-0.39, 0.29) is 6.04 Å². The zero-order chi connectivity index (χ0) is 15.6. The lowest BCUT2D eigenvalue weighted by molar-refractivity contribution is 0.634.